The highest BCUT2D eigenvalue weighted by atomic mass is 79.9. The second-order valence-electron chi connectivity index (χ2n) is 12.5. The first-order valence-corrected chi connectivity index (χ1v) is 19.5. The van der Waals surface area contributed by atoms with Gasteiger partial charge in [-0.3, -0.25) is 4.39 Å². The van der Waals surface area contributed by atoms with Gasteiger partial charge in [0, 0.05) is 71.6 Å². The van der Waals surface area contributed by atoms with Crippen molar-refractivity contribution in [2.45, 2.75) is 72.0 Å². The minimum atomic E-state index is -2.81. The number of hydrogen-bond acceptors (Lipinski definition) is 4. The van der Waals surface area contributed by atoms with Crippen LogP contribution in [0.4, 0.5) is 35.9 Å². The number of nitrogens with zero attached hydrogens (tertiary/aromatic N) is 2. The topological polar surface area (TPSA) is 18.5 Å². The van der Waals surface area contributed by atoms with Crippen LogP contribution >= 0.6 is 28.6 Å². The molecular weight excluding hydrogens is 739 g/mol. The van der Waals surface area contributed by atoms with Crippen molar-refractivity contribution < 1.29 is 13.2 Å². The Balaban J connectivity index is 0.000000737. The Morgan fingerprint density at radius 2 is 1.37 bits per heavy atom. The average Bonchev–Trinajstić information content (AvgIpc) is 3.70. The minimum absolute atomic E-state index is 0.0793. The Bertz CT molecular complexity index is 1780. The van der Waals surface area contributed by atoms with Gasteiger partial charge in [-0.15, -0.1) is 12.6 Å². The number of halogens is 4. The van der Waals surface area contributed by atoms with Crippen LogP contribution < -0.4 is 15.1 Å². The van der Waals surface area contributed by atoms with Gasteiger partial charge in [0.05, 0.1) is 7.18 Å². The van der Waals surface area contributed by atoms with Crippen LogP contribution in [0, 0.1) is 6.92 Å². The normalized spacial score (nSPS) is 12.8. The zero-order valence-corrected chi connectivity index (χ0v) is 34.2. The summed E-state index contributed by atoms with van der Waals surface area (Å²) in [6.45, 7) is 15.5. The van der Waals surface area contributed by atoms with Crippen LogP contribution in [0.5, 0.6) is 0 Å². The Kier molecular flexibility index (Phi) is 17.4. The first kappa shape index (κ1) is 42.8. The van der Waals surface area contributed by atoms with Gasteiger partial charge in [-0.2, -0.15) is 8.78 Å². The van der Waals surface area contributed by atoms with Gasteiger partial charge < -0.3 is 15.1 Å². The molecule has 3 nitrogen and oxygen atoms in total. The van der Waals surface area contributed by atoms with Crippen molar-refractivity contribution in [1.29, 1.82) is 0 Å². The van der Waals surface area contributed by atoms with Crippen LogP contribution in [0.2, 0.25) is 0 Å². The van der Waals surface area contributed by atoms with Gasteiger partial charge in [0.2, 0.25) is 0 Å². The number of nitrogens with one attached hydrogen (secondary N) is 1. The van der Waals surface area contributed by atoms with Gasteiger partial charge in [0.1, 0.15) is 0 Å². The van der Waals surface area contributed by atoms with E-state index in [0.29, 0.717) is 7.18 Å². The molecule has 1 fully saturated rings. The average molecular weight is 795 g/mol. The molecule has 5 aromatic rings. The minimum Gasteiger partial charge on any atom is -0.385 e. The fourth-order valence-electron chi connectivity index (χ4n) is 6.52. The van der Waals surface area contributed by atoms with E-state index in [2.05, 4.69) is 168 Å². The number of thiol groups is 1. The van der Waals surface area contributed by atoms with E-state index in [0.717, 1.165) is 44.0 Å². The number of alkyl halides is 3. The number of anilines is 4. The molecule has 5 aromatic carbocycles. The van der Waals surface area contributed by atoms with E-state index in [4.69, 9.17) is 0 Å². The van der Waals surface area contributed by atoms with Gasteiger partial charge in [0.15, 0.2) is 0 Å². The van der Waals surface area contributed by atoms with Crippen LogP contribution in [0.25, 0.3) is 10.8 Å². The summed E-state index contributed by atoms with van der Waals surface area (Å²) in [5, 5.41) is 3.42. The molecular formula is C44H55BrF3N3S. The predicted octanol–water partition coefficient (Wildman–Crippen LogP) is 13.8. The molecule has 0 saturated carbocycles. The van der Waals surface area contributed by atoms with Crippen molar-refractivity contribution in [2.75, 3.05) is 48.5 Å². The molecule has 0 aromatic heterocycles. The number of aryl methyl sites for hydroxylation is 1. The molecule has 1 aliphatic heterocycles. The third-order valence-corrected chi connectivity index (χ3v) is 9.49. The third-order valence-electron chi connectivity index (χ3n) is 8.80. The van der Waals surface area contributed by atoms with Crippen LogP contribution in [-0.2, 0) is 0 Å². The van der Waals surface area contributed by atoms with E-state index in [-0.39, 0.29) is 5.92 Å². The van der Waals surface area contributed by atoms with E-state index < -0.39 is 5.25 Å². The van der Waals surface area contributed by atoms with Gasteiger partial charge in [-0.25, -0.2) is 0 Å². The summed E-state index contributed by atoms with van der Waals surface area (Å²) in [5.41, 5.74) is 10.1. The second kappa shape index (κ2) is 21.2. The Morgan fingerprint density at radius 1 is 0.808 bits per heavy atom. The maximum absolute atomic E-state index is 10.9. The van der Waals surface area contributed by atoms with E-state index in [1.54, 1.807) is 0 Å². The summed E-state index contributed by atoms with van der Waals surface area (Å²) in [4.78, 5) is 4.88. The second-order valence-corrected chi connectivity index (χ2v) is 14.2. The zero-order chi connectivity index (χ0) is 38.3. The van der Waals surface area contributed by atoms with Crippen molar-refractivity contribution in [3.05, 3.63) is 130 Å². The van der Waals surface area contributed by atoms with Crippen LogP contribution in [-0.4, -0.2) is 38.6 Å². The Labute approximate surface area is 324 Å². The van der Waals surface area contributed by atoms with Crippen molar-refractivity contribution in [2.24, 2.45) is 0 Å². The molecule has 0 aliphatic carbocycles. The molecule has 1 atom stereocenters. The van der Waals surface area contributed by atoms with Crippen molar-refractivity contribution in [1.82, 2.24) is 0 Å². The summed E-state index contributed by atoms with van der Waals surface area (Å²) in [6, 6.07) is 38.5. The molecule has 8 heteroatoms. The molecule has 0 spiro atoms. The number of rotatable bonds is 10. The van der Waals surface area contributed by atoms with Gasteiger partial charge in [-0.05, 0) is 97.7 Å². The Morgan fingerprint density at radius 3 is 1.92 bits per heavy atom. The summed E-state index contributed by atoms with van der Waals surface area (Å²) in [7, 11) is 0.500. The van der Waals surface area contributed by atoms with Gasteiger partial charge in [-0.1, -0.05) is 103 Å². The fourth-order valence-corrected chi connectivity index (χ4v) is 7.12. The lowest BCUT2D eigenvalue weighted by Gasteiger charge is -2.27. The quantitative estimate of drug-likeness (QED) is 0.108. The highest BCUT2D eigenvalue weighted by Gasteiger charge is 2.24. The van der Waals surface area contributed by atoms with Crippen LogP contribution in [0.1, 0.15) is 82.1 Å². The highest BCUT2D eigenvalue weighted by Crippen LogP contribution is 2.43. The molecule has 0 radical (unpaired) electrons. The summed E-state index contributed by atoms with van der Waals surface area (Å²) in [6.07, 6.45) is 3.66. The largest absolute Gasteiger partial charge is 0.385 e. The van der Waals surface area contributed by atoms with Gasteiger partial charge in [0.25, 0.3) is 5.25 Å². The molecule has 52 heavy (non-hydrogen) atoms. The monoisotopic (exact) mass is 793 g/mol. The molecule has 1 heterocycles. The molecule has 6 rings (SSSR count). The van der Waals surface area contributed by atoms with Crippen molar-refractivity contribution >= 4 is 62.1 Å². The van der Waals surface area contributed by atoms with Crippen LogP contribution in [0.3, 0.4) is 0 Å². The SMILES string of the molecule is CC.CC(F)(F)S.CCCNc1ccc(C(c2ccc(N3CCCC3)cc2)c2ccc(N(CC)c3ccc(C)cc3)cc2Br)c2ccccc12.CF. The smallest absolute Gasteiger partial charge is 0.288 e. The summed E-state index contributed by atoms with van der Waals surface area (Å²) < 4.78 is 32.4. The van der Waals surface area contributed by atoms with E-state index in [1.807, 2.05) is 13.8 Å². The van der Waals surface area contributed by atoms with Crippen molar-refractivity contribution in [3.63, 3.8) is 0 Å². The maximum atomic E-state index is 10.9. The van der Waals surface area contributed by atoms with Crippen LogP contribution in [0.15, 0.2) is 108 Å². The molecule has 1 saturated heterocycles. The standard InChI is InChI=1S/C39H42BrN3.C2H4F2S.C2H6.CH3F/c1-4-24-41-38-23-22-35(33-10-6-7-11-34(33)38)39(29-14-18-30(19-15-29)42-25-8-9-26-42)36-21-20-32(27-37(36)40)43(5-2)31-16-12-28(3)13-17-31;1-2(3,4)5;2*1-2/h6-7,10-23,27,39,41H,4-5,8-9,24-26H2,1-3H3;5H,1H3;1-2H3;1H3. The first-order chi connectivity index (χ1) is 25.1. The lowest BCUT2D eigenvalue weighted by Crippen LogP contribution is -2.17. The zero-order valence-electron chi connectivity index (χ0n) is 31.7. The van der Waals surface area contributed by atoms with E-state index in [9.17, 15) is 13.2 Å². The first-order valence-electron chi connectivity index (χ1n) is 18.3. The van der Waals surface area contributed by atoms with Crippen molar-refractivity contribution in [3.8, 4) is 0 Å². The molecule has 1 aliphatic rings. The number of fused-ring (bicyclic) bond motifs is 1. The lowest BCUT2D eigenvalue weighted by atomic mass is 9.82. The Hall–Kier alpha value is -3.62. The van der Waals surface area contributed by atoms with E-state index >= 15 is 0 Å². The molecule has 0 amide bonds. The highest BCUT2D eigenvalue weighted by molar-refractivity contribution is 9.10. The molecule has 1 N–H and O–H groups in total. The van der Waals surface area contributed by atoms with Gasteiger partial charge >= 0.3 is 0 Å². The third kappa shape index (κ3) is 11.7. The summed E-state index contributed by atoms with van der Waals surface area (Å²) in [5.74, 6) is 0.0793. The summed E-state index contributed by atoms with van der Waals surface area (Å²) >= 11 is 6.85. The maximum Gasteiger partial charge on any atom is 0.288 e. The lowest BCUT2D eigenvalue weighted by molar-refractivity contribution is 0.132. The predicted molar refractivity (Wildman–Crippen MR) is 228 cm³/mol. The molecule has 280 valence electrons. The number of hydrogen-bond donors (Lipinski definition) is 2. The molecule has 1 unspecified atom stereocenters. The van der Waals surface area contributed by atoms with E-state index in [1.165, 1.54) is 68.6 Å². The molecule has 0 bridgehead atoms. The fraction of sp³-hybridized carbons (Fsp3) is 0.364. The number of benzene rings is 5.